The molecule has 0 amide bonds. The number of rotatable bonds is 4. The highest BCUT2D eigenvalue weighted by atomic mass is 16.5. The molecular formula is C23H28O5. The molecule has 28 heavy (non-hydrogen) atoms. The zero-order chi connectivity index (χ0) is 20.6. The Kier molecular flexibility index (Phi) is 5.28. The Morgan fingerprint density at radius 1 is 1.18 bits per heavy atom. The molecule has 3 rings (SSSR count). The summed E-state index contributed by atoms with van der Waals surface area (Å²) >= 11 is 0. The van der Waals surface area contributed by atoms with Crippen molar-refractivity contribution in [3.63, 3.8) is 0 Å². The second-order valence-corrected chi connectivity index (χ2v) is 7.93. The van der Waals surface area contributed by atoms with Gasteiger partial charge < -0.3 is 19.7 Å². The van der Waals surface area contributed by atoms with E-state index in [0.29, 0.717) is 12.2 Å². The molecule has 5 heteroatoms. The Labute approximate surface area is 165 Å². The fourth-order valence-corrected chi connectivity index (χ4v) is 3.89. The van der Waals surface area contributed by atoms with Crippen molar-refractivity contribution in [3.8, 4) is 17.2 Å². The lowest BCUT2D eigenvalue weighted by atomic mass is 9.84. The lowest BCUT2D eigenvalue weighted by Gasteiger charge is -2.38. The maximum atomic E-state index is 11.8. The van der Waals surface area contributed by atoms with E-state index >= 15 is 0 Å². The normalized spacial score (nSPS) is 18.3. The van der Waals surface area contributed by atoms with Gasteiger partial charge in [-0.1, -0.05) is 6.07 Å². The van der Waals surface area contributed by atoms with Gasteiger partial charge in [-0.2, -0.15) is 0 Å². The molecule has 2 aromatic rings. The maximum absolute atomic E-state index is 11.8. The lowest BCUT2D eigenvalue weighted by molar-refractivity contribution is 0.0552. The second kappa shape index (κ2) is 7.38. The highest BCUT2D eigenvalue weighted by Gasteiger charge is 2.34. The molecule has 0 fully saturated rings. The molecule has 1 heterocycles. The third kappa shape index (κ3) is 3.53. The van der Waals surface area contributed by atoms with Crippen LogP contribution < -0.4 is 4.74 Å². The molecule has 0 aromatic heterocycles. The predicted octanol–water partition coefficient (Wildman–Crippen LogP) is 4.53. The van der Waals surface area contributed by atoms with Crippen LogP contribution in [0.2, 0.25) is 0 Å². The van der Waals surface area contributed by atoms with Gasteiger partial charge in [0.05, 0.1) is 7.11 Å². The van der Waals surface area contributed by atoms with Gasteiger partial charge in [-0.05, 0) is 87.8 Å². The summed E-state index contributed by atoms with van der Waals surface area (Å²) in [6.45, 7) is 7.95. The van der Waals surface area contributed by atoms with Crippen molar-refractivity contribution in [2.45, 2.75) is 59.0 Å². The van der Waals surface area contributed by atoms with Crippen molar-refractivity contribution in [2.75, 3.05) is 7.11 Å². The molecule has 0 bridgehead atoms. The van der Waals surface area contributed by atoms with Crippen LogP contribution in [-0.4, -0.2) is 28.9 Å². The summed E-state index contributed by atoms with van der Waals surface area (Å²) in [7, 11) is 1.30. The van der Waals surface area contributed by atoms with Crippen molar-refractivity contribution in [2.24, 2.45) is 0 Å². The minimum absolute atomic E-state index is 0.0777. The van der Waals surface area contributed by atoms with E-state index in [0.717, 1.165) is 52.8 Å². The van der Waals surface area contributed by atoms with Crippen LogP contribution in [0.1, 0.15) is 57.9 Å². The molecule has 0 spiro atoms. The molecule has 2 N–H and O–H groups in total. The van der Waals surface area contributed by atoms with Gasteiger partial charge in [-0.25, -0.2) is 4.79 Å². The molecular weight excluding hydrogens is 356 g/mol. The largest absolute Gasteiger partial charge is 0.507 e. The molecule has 0 aliphatic carbocycles. The van der Waals surface area contributed by atoms with Crippen molar-refractivity contribution in [1.82, 2.24) is 0 Å². The third-order valence-corrected chi connectivity index (χ3v) is 6.00. The van der Waals surface area contributed by atoms with Crippen LogP contribution in [0.3, 0.4) is 0 Å². The average Bonchev–Trinajstić information content (AvgIpc) is 2.69. The van der Waals surface area contributed by atoms with Crippen LogP contribution >= 0.6 is 0 Å². The molecule has 150 valence electrons. The summed E-state index contributed by atoms with van der Waals surface area (Å²) in [5, 5.41) is 20.2. The molecule has 0 saturated heterocycles. The molecule has 2 aromatic carbocycles. The van der Waals surface area contributed by atoms with Crippen LogP contribution in [0.5, 0.6) is 17.2 Å². The van der Waals surface area contributed by atoms with Gasteiger partial charge in [-0.15, -0.1) is 0 Å². The number of benzene rings is 2. The molecule has 1 aliphatic heterocycles. The fourth-order valence-electron chi connectivity index (χ4n) is 3.89. The summed E-state index contributed by atoms with van der Waals surface area (Å²) in [6, 6.07) is 5.03. The number of phenolic OH excluding ortho intramolecular Hbond substituents is 2. The number of aryl methyl sites for hydroxylation is 1. The number of ether oxygens (including phenoxy) is 2. The molecule has 1 unspecified atom stereocenters. The smallest absolute Gasteiger partial charge is 0.341 e. The fraction of sp³-hybridized carbons (Fsp3) is 0.435. The first-order valence-corrected chi connectivity index (χ1v) is 9.57. The van der Waals surface area contributed by atoms with Gasteiger partial charge >= 0.3 is 5.97 Å². The minimum atomic E-state index is -0.546. The Morgan fingerprint density at radius 3 is 2.57 bits per heavy atom. The van der Waals surface area contributed by atoms with E-state index in [1.54, 1.807) is 6.07 Å². The van der Waals surface area contributed by atoms with E-state index in [1.807, 2.05) is 26.8 Å². The average molecular weight is 384 g/mol. The summed E-state index contributed by atoms with van der Waals surface area (Å²) in [4.78, 5) is 11.8. The van der Waals surface area contributed by atoms with Crippen LogP contribution in [0, 0.1) is 20.8 Å². The number of esters is 1. The molecule has 1 atom stereocenters. The van der Waals surface area contributed by atoms with Crippen LogP contribution in [0.25, 0.3) is 0 Å². The summed E-state index contributed by atoms with van der Waals surface area (Å²) in [5.41, 5.74) is 4.64. The van der Waals surface area contributed by atoms with E-state index in [1.165, 1.54) is 13.2 Å². The predicted molar refractivity (Wildman–Crippen MR) is 107 cm³/mol. The van der Waals surface area contributed by atoms with E-state index in [4.69, 9.17) is 9.47 Å². The number of carbonyl (C=O) groups is 1. The molecule has 5 nitrogen and oxygen atoms in total. The molecule has 1 aliphatic rings. The first kappa shape index (κ1) is 20.1. The van der Waals surface area contributed by atoms with Crippen LogP contribution in [0.15, 0.2) is 18.2 Å². The van der Waals surface area contributed by atoms with Gasteiger partial charge in [0.15, 0.2) is 0 Å². The summed E-state index contributed by atoms with van der Waals surface area (Å²) < 4.78 is 11.2. The van der Waals surface area contributed by atoms with Crippen molar-refractivity contribution >= 4 is 5.97 Å². The number of phenols is 2. The van der Waals surface area contributed by atoms with E-state index < -0.39 is 5.97 Å². The summed E-state index contributed by atoms with van der Waals surface area (Å²) in [5.74, 6) is 0.631. The first-order valence-electron chi connectivity index (χ1n) is 9.57. The number of fused-ring (bicyclic) bond motifs is 1. The monoisotopic (exact) mass is 384 g/mol. The number of hydrogen-bond acceptors (Lipinski definition) is 5. The second-order valence-electron chi connectivity index (χ2n) is 7.93. The van der Waals surface area contributed by atoms with E-state index in [9.17, 15) is 15.0 Å². The molecule has 0 saturated carbocycles. The zero-order valence-corrected chi connectivity index (χ0v) is 17.2. The van der Waals surface area contributed by atoms with E-state index in [2.05, 4.69) is 6.92 Å². The van der Waals surface area contributed by atoms with Gasteiger partial charge in [0.2, 0.25) is 0 Å². The number of aromatic hydroxyl groups is 2. The standard InChI is InChI=1S/C23H28O5/c1-13-14(2)21-17(15(3)20(13)25)9-11-23(4,28-21)10-8-16-6-7-19(24)18(12-16)22(26)27-5/h6-7,12,24-25H,8-11H2,1-5H3. The van der Waals surface area contributed by atoms with Gasteiger partial charge in [0.25, 0.3) is 0 Å². The van der Waals surface area contributed by atoms with Crippen molar-refractivity contribution in [3.05, 3.63) is 51.6 Å². The lowest BCUT2D eigenvalue weighted by Crippen LogP contribution is -2.37. The van der Waals surface area contributed by atoms with Crippen molar-refractivity contribution < 1.29 is 24.5 Å². The first-order chi connectivity index (χ1) is 13.2. The Bertz CT molecular complexity index is 931. The highest BCUT2D eigenvalue weighted by Crippen LogP contribution is 2.44. The Balaban J connectivity index is 1.81. The highest BCUT2D eigenvalue weighted by molar-refractivity contribution is 5.92. The topological polar surface area (TPSA) is 76.0 Å². The third-order valence-electron chi connectivity index (χ3n) is 6.00. The molecule has 0 radical (unpaired) electrons. The summed E-state index contributed by atoms with van der Waals surface area (Å²) in [6.07, 6.45) is 3.20. The van der Waals surface area contributed by atoms with Gasteiger partial charge in [0.1, 0.15) is 28.4 Å². The van der Waals surface area contributed by atoms with Gasteiger partial charge in [0, 0.05) is 5.56 Å². The Morgan fingerprint density at radius 2 is 1.89 bits per heavy atom. The number of methoxy groups -OCH3 is 1. The zero-order valence-electron chi connectivity index (χ0n) is 17.2. The Hall–Kier alpha value is -2.69. The minimum Gasteiger partial charge on any atom is -0.507 e. The van der Waals surface area contributed by atoms with Gasteiger partial charge in [-0.3, -0.25) is 0 Å². The maximum Gasteiger partial charge on any atom is 0.341 e. The number of carbonyl (C=O) groups excluding carboxylic acids is 1. The van der Waals surface area contributed by atoms with Crippen LogP contribution in [-0.2, 0) is 17.6 Å². The number of hydrogen-bond donors (Lipinski definition) is 2. The van der Waals surface area contributed by atoms with Crippen molar-refractivity contribution in [1.29, 1.82) is 0 Å². The SMILES string of the molecule is COC(=O)c1cc(CCC2(C)CCc3c(C)c(O)c(C)c(C)c3O2)ccc1O. The quantitative estimate of drug-likeness (QED) is 0.758. The van der Waals surface area contributed by atoms with Crippen LogP contribution in [0.4, 0.5) is 0 Å². The van der Waals surface area contributed by atoms with E-state index in [-0.39, 0.29) is 16.9 Å².